The summed E-state index contributed by atoms with van der Waals surface area (Å²) in [5, 5.41) is 8.84. The Morgan fingerprint density at radius 2 is 2.14 bits per heavy atom. The van der Waals surface area contributed by atoms with E-state index in [2.05, 4.69) is 6.07 Å². The van der Waals surface area contributed by atoms with Gasteiger partial charge in [-0.2, -0.15) is 5.26 Å². The van der Waals surface area contributed by atoms with Gasteiger partial charge < -0.3 is 9.47 Å². The van der Waals surface area contributed by atoms with Crippen LogP contribution < -0.4 is 4.74 Å². The highest BCUT2D eigenvalue weighted by atomic mass is 16.5. The van der Waals surface area contributed by atoms with Crippen LogP contribution in [-0.4, -0.2) is 20.3 Å². The Balaban J connectivity index is 2.72. The van der Waals surface area contributed by atoms with E-state index in [9.17, 15) is 0 Å². The van der Waals surface area contributed by atoms with Crippen molar-refractivity contribution in [2.24, 2.45) is 0 Å². The first-order valence-electron chi connectivity index (χ1n) is 4.40. The molecule has 0 saturated heterocycles. The molecule has 0 N–H and O–H groups in total. The number of aryl methyl sites for hydroxylation is 1. The Labute approximate surface area is 83.9 Å². The summed E-state index contributed by atoms with van der Waals surface area (Å²) in [5.74, 6) is 0.621. The number of benzene rings is 1. The van der Waals surface area contributed by atoms with Crippen molar-refractivity contribution in [3.63, 3.8) is 0 Å². The number of hydrogen-bond donors (Lipinski definition) is 0. The minimum Gasteiger partial charge on any atom is -0.490 e. The van der Waals surface area contributed by atoms with Crippen molar-refractivity contribution in [3.05, 3.63) is 29.3 Å². The fourth-order valence-corrected chi connectivity index (χ4v) is 1.09. The fourth-order valence-electron chi connectivity index (χ4n) is 1.09. The molecule has 0 spiro atoms. The molecule has 0 atom stereocenters. The summed E-state index contributed by atoms with van der Waals surface area (Å²) < 4.78 is 10.2. The second-order valence-electron chi connectivity index (χ2n) is 2.95. The average molecular weight is 191 g/mol. The molecule has 74 valence electrons. The lowest BCUT2D eigenvalue weighted by Crippen LogP contribution is -2.05. The lowest BCUT2D eigenvalue weighted by Gasteiger charge is -2.07. The zero-order valence-electron chi connectivity index (χ0n) is 8.41. The van der Waals surface area contributed by atoms with Crippen LogP contribution in [0.3, 0.4) is 0 Å². The van der Waals surface area contributed by atoms with Crippen LogP contribution in [0.1, 0.15) is 11.1 Å². The molecule has 0 aromatic heterocycles. The summed E-state index contributed by atoms with van der Waals surface area (Å²) in [7, 11) is 1.61. The average Bonchev–Trinajstić information content (AvgIpc) is 2.20. The van der Waals surface area contributed by atoms with Gasteiger partial charge in [0.25, 0.3) is 0 Å². The molecule has 0 fully saturated rings. The van der Waals surface area contributed by atoms with Crippen LogP contribution in [0, 0.1) is 18.3 Å². The van der Waals surface area contributed by atoms with Gasteiger partial charge in [-0.1, -0.05) is 6.07 Å². The van der Waals surface area contributed by atoms with Gasteiger partial charge in [0.2, 0.25) is 0 Å². The van der Waals surface area contributed by atoms with E-state index >= 15 is 0 Å². The van der Waals surface area contributed by atoms with Gasteiger partial charge in [-0.15, -0.1) is 0 Å². The predicted octanol–water partition coefficient (Wildman–Crippen LogP) is 1.89. The molecule has 0 bridgehead atoms. The second kappa shape index (κ2) is 5.25. The van der Waals surface area contributed by atoms with Gasteiger partial charge in [-0.05, 0) is 24.6 Å². The van der Waals surface area contributed by atoms with Gasteiger partial charge in [0.1, 0.15) is 18.4 Å². The number of rotatable bonds is 4. The zero-order chi connectivity index (χ0) is 10.4. The van der Waals surface area contributed by atoms with Crippen molar-refractivity contribution in [2.75, 3.05) is 20.3 Å². The first-order valence-corrected chi connectivity index (χ1v) is 4.40. The first kappa shape index (κ1) is 10.6. The van der Waals surface area contributed by atoms with Crippen molar-refractivity contribution in [1.29, 1.82) is 5.26 Å². The van der Waals surface area contributed by atoms with E-state index < -0.39 is 0 Å². The highest BCUT2D eigenvalue weighted by Gasteiger charge is 2.02. The topological polar surface area (TPSA) is 42.2 Å². The smallest absolute Gasteiger partial charge is 0.137 e. The van der Waals surface area contributed by atoms with Gasteiger partial charge in [-0.25, -0.2) is 0 Å². The van der Waals surface area contributed by atoms with Gasteiger partial charge in [0, 0.05) is 7.11 Å². The SMILES string of the molecule is COCCOc1ccc(C)cc1C#N. The molecule has 3 nitrogen and oxygen atoms in total. The second-order valence-corrected chi connectivity index (χ2v) is 2.95. The van der Waals surface area contributed by atoms with Crippen molar-refractivity contribution in [2.45, 2.75) is 6.92 Å². The van der Waals surface area contributed by atoms with E-state index in [0.29, 0.717) is 24.5 Å². The minimum absolute atomic E-state index is 0.467. The zero-order valence-corrected chi connectivity index (χ0v) is 8.41. The quantitative estimate of drug-likeness (QED) is 0.682. The number of nitrogens with zero attached hydrogens (tertiary/aromatic N) is 1. The molecule has 0 aliphatic carbocycles. The molecule has 0 amide bonds. The van der Waals surface area contributed by atoms with Crippen LogP contribution in [0.15, 0.2) is 18.2 Å². The molecule has 0 aliphatic heterocycles. The molecule has 1 aromatic carbocycles. The molecular weight excluding hydrogens is 178 g/mol. The number of methoxy groups -OCH3 is 1. The summed E-state index contributed by atoms with van der Waals surface area (Å²) in [6, 6.07) is 7.63. The molecular formula is C11H13NO2. The number of nitriles is 1. The summed E-state index contributed by atoms with van der Waals surface area (Å²) in [6.45, 7) is 2.94. The Morgan fingerprint density at radius 3 is 2.79 bits per heavy atom. The van der Waals surface area contributed by atoms with Crippen LogP contribution >= 0.6 is 0 Å². The van der Waals surface area contributed by atoms with Gasteiger partial charge in [0.15, 0.2) is 0 Å². The molecule has 0 saturated carbocycles. The lowest BCUT2D eigenvalue weighted by molar-refractivity contribution is 0.146. The largest absolute Gasteiger partial charge is 0.490 e. The molecule has 0 heterocycles. The third-order valence-corrected chi connectivity index (χ3v) is 1.80. The summed E-state index contributed by atoms with van der Waals surface area (Å²) in [5.41, 5.74) is 1.63. The third kappa shape index (κ3) is 2.75. The van der Waals surface area contributed by atoms with Crippen molar-refractivity contribution >= 4 is 0 Å². The van der Waals surface area contributed by atoms with Crippen molar-refractivity contribution in [3.8, 4) is 11.8 Å². The molecule has 0 aliphatic rings. The van der Waals surface area contributed by atoms with E-state index in [0.717, 1.165) is 5.56 Å². The van der Waals surface area contributed by atoms with Crippen LogP contribution in [0.25, 0.3) is 0 Å². The van der Waals surface area contributed by atoms with E-state index in [-0.39, 0.29) is 0 Å². The Hall–Kier alpha value is -1.53. The van der Waals surface area contributed by atoms with E-state index in [4.69, 9.17) is 14.7 Å². The number of ether oxygens (including phenoxy) is 2. The molecule has 1 rings (SSSR count). The maximum atomic E-state index is 8.84. The van der Waals surface area contributed by atoms with Crippen LogP contribution in [-0.2, 0) is 4.74 Å². The molecule has 3 heteroatoms. The van der Waals surface area contributed by atoms with E-state index in [1.54, 1.807) is 7.11 Å². The minimum atomic E-state index is 0.467. The highest BCUT2D eigenvalue weighted by Crippen LogP contribution is 2.18. The fraction of sp³-hybridized carbons (Fsp3) is 0.364. The standard InChI is InChI=1S/C11H13NO2/c1-9-3-4-11(10(7-9)8-12)14-6-5-13-2/h3-4,7H,5-6H2,1-2H3. The normalized spacial score (nSPS) is 9.50. The van der Waals surface area contributed by atoms with E-state index in [1.165, 1.54) is 0 Å². The summed E-state index contributed by atoms with van der Waals surface area (Å²) in [6.07, 6.45) is 0. The Morgan fingerprint density at radius 1 is 1.36 bits per heavy atom. The Kier molecular flexibility index (Phi) is 3.96. The molecule has 0 radical (unpaired) electrons. The van der Waals surface area contributed by atoms with E-state index in [1.807, 2.05) is 25.1 Å². The van der Waals surface area contributed by atoms with Crippen LogP contribution in [0.2, 0.25) is 0 Å². The summed E-state index contributed by atoms with van der Waals surface area (Å²) >= 11 is 0. The maximum absolute atomic E-state index is 8.84. The van der Waals surface area contributed by atoms with Crippen LogP contribution in [0.4, 0.5) is 0 Å². The monoisotopic (exact) mass is 191 g/mol. The van der Waals surface area contributed by atoms with Gasteiger partial charge in [-0.3, -0.25) is 0 Å². The predicted molar refractivity (Wildman–Crippen MR) is 53.3 cm³/mol. The molecule has 14 heavy (non-hydrogen) atoms. The van der Waals surface area contributed by atoms with Crippen LogP contribution in [0.5, 0.6) is 5.75 Å². The van der Waals surface area contributed by atoms with Gasteiger partial charge in [0.05, 0.1) is 12.2 Å². The third-order valence-electron chi connectivity index (χ3n) is 1.80. The lowest BCUT2D eigenvalue weighted by atomic mass is 10.1. The number of hydrogen-bond acceptors (Lipinski definition) is 3. The maximum Gasteiger partial charge on any atom is 0.137 e. The van der Waals surface area contributed by atoms with Gasteiger partial charge >= 0.3 is 0 Å². The first-order chi connectivity index (χ1) is 6.77. The van der Waals surface area contributed by atoms with Crippen molar-refractivity contribution < 1.29 is 9.47 Å². The summed E-state index contributed by atoms with van der Waals surface area (Å²) in [4.78, 5) is 0. The Bertz CT molecular complexity index is 342. The highest BCUT2D eigenvalue weighted by molar-refractivity contribution is 5.45. The molecule has 0 unspecified atom stereocenters. The van der Waals surface area contributed by atoms with Crippen molar-refractivity contribution in [1.82, 2.24) is 0 Å². The molecule has 1 aromatic rings.